The van der Waals surface area contributed by atoms with Crippen LogP contribution >= 0.6 is 12.2 Å². The average Bonchev–Trinajstić information content (AvgIpc) is 2.42. The van der Waals surface area contributed by atoms with Gasteiger partial charge in [0, 0.05) is 17.9 Å². The fourth-order valence-corrected chi connectivity index (χ4v) is 2.06. The number of aryl methyl sites for hydroxylation is 1. The van der Waals surface area contributed by atoms with E-state index in [1.54, 1.807) is 0 Å². The first-order chi connectivity index (χ1) is 5.52. The summed E-state index contributed by atoms with van der Waals surface area (Å²) in [5.41, 5.74) is 1.70. The summed E-state index contributed by atoms with van der Waals surface area (Å²) in [6.45, 7) is 6.67. The molecule has 0 bridgehead atoms. The Bertz CT molecular complexity index is 359. The number of aromatic nitrogens is 2. The van der Waals surface area contributed by atoms with Crippen molar-refractivity contribution < 1.29 is 0 Å². The second-order valence-corrected chi connectivity index (χ2v) is 4.70. The summed E-state index contributed by atoms with van der Waals surface area (Å²) in [5, 5.41) is 0. The first-order valence-corrected chi connectivity index (χ1v) is 4.70. The Hall–Kier alpha value is -0.570. The molecule has 1 saturated carbocycles. The Balaban J connectivity index is 2.42. The predicted molar refractivity (Wildman–Crippen MR) is 51.8 cm³/mol. The zero-order valence-corrected chi connectivity index (χ0v) is 8.53. The van der Waals surface area contributed by atoms with Crippen LogP contribution < -0.4 is 0 Å². The third kappa shape index (κ3) is 1.04. The maximum absolute atomic E-state index is 5.20. The number of imidazole rings is 1. The lowest BCUT2D eigenvalue weighted by molar-refractivity contribution is 0.530. The first-order valence-electron chi connectivity index (χ1n) is 4.29. The lowest BCUT2D eigenvalue weighted by Gasteiger charge is -2.06. The van der Waals surface area contributed by atoms with Crippen LogP contribution in [-0.2, 0) is 0 Å². The van der Waals surface area contributed by atoms with Crippen LogP contribution in [0.15, 0.2) is 6.20 Å². The fourth-order valence-electron chi connectivity index (χ4n) is 1.73. The zero-order valence-electron chi connectivity index (χ0n) is 7.72. The highest BCUT2D eigenvalue weighted by atomic mass is 32.1. The van der Waals surface area contributed by atoms with Crippen molar-refractivity contribution in [2.75, 3.05) is 0 Å². The number of H-pyrrole nitrogens is 1. The van der Waals surface area contributed by atoms with E-state index in [9.17, 15) is 0 Å². The van der Waals surface area contributed by atoms with E-state index in [0.29, 0.717) is 11.5 Å². The summed E-state index contributed by atoms with van der Waals surface area (Å²) in [5.74, 6) is 0. The van der Waals surface area contributed by atoms with Gasteiger partial charge in [-0.3, -0.25) is 0 Å². The number of nitrogens with one attached hydrogen (secondary N) is 1. The maximum atomic E-state index is 5.20. The van der Waals surface area contributed by atoms with Gasteiger partial charge in [-0.15, -0.1) is 0 Å². The normalized spacial score (nSPS) is 25.8. The Morgan fingerprint density at radius 1 is 1.67 bits per heavy atom. The van der Waals surface area contributed by atoms with E-state index < -0.39 is 0 Å². The highest BCUT2D eigenvalue weighted by molar-refractivity contribution is 7.71. The van der Waals surface area contributed by atoms with Crippen LogP contribution in [0.25, 0.3) is 0 Å². The molecule has 1 atom stereocenters. The van der Waals surface area contributed by atoms with Crippen molar-refractivity contribution in [3.05, 3.63) is 16.7 Å². The molecule has 1 N–H and O–H groups in total. The van der Waals surface area contributed by atoms with Gasteiger partial charge in [0.25, 0.3) is 0 Å². The minimum absolute atomic E-state index is 0.450. The van der Waals surface area contributed by atoms with E-state index in [0.717, 1.165) is 4.77 Å². The van der Waals surface area contributed by atoms with E-state index in [1.165, 1.54) is 12.1 Å². The van der Waals surface area contributed by atoms with Gasteiger partial charge in [0.05, 0.1) is 0 Å². The van der Waals surface area contributed by atoms with Crippen molar-refractivity contribution in [2.24, 2.45) is 5.41 Å². The molecule has 0 radical (unpaired) electrons. The summed E-state index contributed by atoms with van der Waals surface area (Å²) in [6.07, 6.45) is 3.23. The topological polar surface area (TPSA) is 20.7 Å². The van der Waals surface area contributed by atoms with Gasteiger partial charge in [-0.05, 0) is 31.0 Å². The molecule has 66 valence electrons. The van der Waals surface area contributed by atoms with Crippen LogP contribution in [0.2, 0.25) is 0 Å². The van der Waals surface area contributed by atoms with Crippen molar-refractivity contribution in [1.82, 2.24) is 9.55 Å². The minimum atomic E-state index is 0.450. The molecule has 0 aromatic carbocycles. The average molecular weight is 182 g/mol. The number of nitrogens with zero attached hydrogens (tertiary/aromatic N) is 1. The third-order valence-corrected chi connectivity index (χ3v) is 3.09. The quantitative estimate of drug-likeness (QED) is 0.662. The lowest BCUT2D eigenvalue weighted by Crippen LogP contribution is -2.01. The smallest absolute Gasteiger partial charge is 0.177 e. The number of rotatable bonds is 1. The van der Waals surface area contributed by atoms with Crippen molar-refractivity contribution >= 4 is 12.2 Å². The van der Waals surface area contributed by atoms with Crippen molar-refractivity contribution in [2.45, 2.75) is 33.2 Å². The summed E-state index contributed by atoms with van der Waals surface area (Å²) in [7, 11) is 0. The molecular weight excluding hydrogens is 168 g/mol. The van der Waals surface area contributed by atoms with E-state index in [2.05, 4.69) is 30.3 Å². The first kappa shape index (κ1) is 8.05. The van der Waals surface area contributed by atoms with Crippen LogP contribution in [0, 0.1) is 17.1 Å². The molecule has 0 spiro atoms. The molecule has 1 fully saturated rings. The molecule has 0 saturated heterocycles. The number of aromatic amines is 1. The van der Waals surface area contributed by atoms with Gasteiger partial charge >= 0.3 is 0 Å². The van der Waals surface area contributed by atoms with Crippen LogP contribution in [0.1, 0.15) is 32.0 Å². The second-order valence-electron chi connectivity index (χ2n) is 4.31. The Morgan fingerprint density at radius 3 is 2.58 bits per heavy atom. The van der Waals surface area contributed by atoms with Gasteiger partial charge < -0.3 is 9.55 Å². The van der Waals surface area contributed by atoms with E-state index in [-0.39, 0.29) is 0 Å². The highest BCUT2D eigenvalue weighted by Gasteiger charge is 2.47. The summed E-state index contributed by atoms with van der Waals surface area (Å²) >= 11 is 5.20. The Kier molecular flexibility index (Phi) is 1.49. The molecular formula is C9H14N2S. The molecule has 1 aromatic rings. The number of hydrogen-bond acceptors (Lipinski definition) is 1. The number of hydrogen-bond donors (Lipinski definition) is 1. The van der Waals surface area contributed by atoms with Gasteiger partial charge in [0.2, 0.25) is 0 Å². The van der Waals surface area contributed by atoms with E-state index in [4.69, 9.17) is 12.2 Å². The summed E-state index contributed by atoms with van der Waals surface area (Å²) in [4.78, 5) is 3.07. The van der Waals surface area contributed by atoms with Crippen molar-refractivity contribution in [3.63, 3.8) is 0 Å². The fraction of sp³-hybridized carbons (Fsp3) is 0.667. The molecule has 2 nitrogen and oxygen atoms in total. The molecule has 1 aliphatic rings. The monoisotopic (exact) mass is 182 g/mol. The SMILES string of the molecule is Cc1c[nH]c(=S)n1C1CC1(C)C. The summed E-state index contributed by atoms with van der Waals surface area (Å²) < 4.78 is 3.10. The summed E-state index contributed by atoms with van der Waals surface area (Å²) in [6, 6.07) is 0.622. The largest absolute Gasteiger partial charge is 0.337 e. The van der Waals surface area contributed by atoms with E-state index in [1.807, 2.05) is 6.20 Å². The minimum Gasteiger partial charge on any atom is -0.337 e. The van der Waals surface area contributed by atoms with Crippen LogP contribution in [-0.4, -0.2) is 9.55 Å². The molecule has 0 aliphatic heterocycles. The van der Waals surface area contributed by atoms with Crippen molar-refractivity contribution in [1.29, 1.82) is 0 Å². The Morgan fingerprint density at radius 2 is 2.25 bits per heavy atom. The molecule has 2 rings (SSSR count). The molecule has 0 amide bonds. The van der Waals surface area contributed by atoms with Crippen LogP contribution in [0.5, 0.6) is 0 Å². The lowest BCUT2D eigenvalue weighted by atomic mass is 10.2. The van der Waals surface area contributed by atoms with E-state index >= 15 is 0 Å². The van der Waals surface area contributed by atoms with Gasteiger partial charge in [0.15, 0.2) is 4.77 Å². The van der Waals surface area contributed by atoms with Crippen molar-refractivity contribution in [3.8, 4) is 0 Å². The van der Waals surface area contributed by atoms with Gasteiger partial charge in [-0.25, -0.2) is 0 Å². The van der Waals surface area contributed by atoms with Crippen LogP contribution in [0.4, 0.5) is 0 Å². The molecule has 3 heteroatoms. The van der Waals surface area contributed by atoms with Gasteiger partial charge in [0.1, 0.15) is 0 Å². The molecule has 1 aromatic heterocycles. The molecule has 1 unspecified atom stereocenters. The second kappa shape index (κ2) is 2.22. The molecule has 12 heavy (non-hydrogen) atoms. The maximum Gasteiger partial charge on any atom is 0.177 e. The predicted octanol–water partition coefficient (Wildman–Crippen LogP) is 2.83. The van der Waals surface area contributed by atoms with Gasteiger partial charge in [-0.2, -0.15) is 0 Å². The molecule has 1 aliphatic carbocycles. The molecule has 1 heterocycles. The van der Waals surface area contributed by atoms with Gasteiger partial charge in [-0.1, -0.05) is 13.8 Å². The third-order valence-electron chi connectivity index (χ3n) is 2.78. The Labute approximate surface area is 77.6 Å². The van der Waals surface area contributed by atoms with Crippen LogP contribution in [0.3, 0.4) is 0 Å². The highest BCUT2D eigenvalue weighted by Crippen LogP contribution is 2.55. The standard InChI is InChI=1S/C9H14N2S/c1-6-5-10-8(12)11(6)7-4-9(7,2)3/h5,7H,4H2,1-3H3,(H,10,12). The zero-order chi connectivity index (χ0) is 8.93.